The third kappa shape index (κ3) is 2.51. The van der Waals surface area contributed by atoms with Crippen LogP contribution in [0.3, 0.4) is 0 Å². The highest BCUT2D eigenvalue weighted by molar-refractivity contribution is 5.67. The summed E-state index contributed by atoms with van der Waals surface area (Å²) in [6.07, 6.45) is 5.65. The molecule has 0 aromatic carbocycles. The van der Waals surface area contributed by atoms with Gasteiger partial charge in [-0.15, -0.1) is 0 Å². The molecule has 0 heterocycles. The Balaban J connectivity index is 2.75. The Hall–Kier alpha value is -0.570. The Bertz CT molecular complexity index is 236. The fraction of sp³-hybridized carbons (Fsp3) is 0.917. The van der Waals surface area contributed by atoms with Gasteiger partial charge >= 0.3 is 5.97 Å². The number of rotatable bonds is 5. The van der Waals surface area contributed by atoms with Crippen LogP contribution in [0.25, 0.3) is 0 Å². The molecule has 0 aliphatic heterocycles. The smallest absolute Gasteiger partial charge is 0.303 e. The summed E-state index contributed by atoms with van der Waals surface area (Å²) in [5, 5.41) is 8.93. The van der Waals surface area contributed by atoms with E-state index < -0.39 is 5.97 Å². The zero-order valence-corrected chi connectivity index (χ0v) is 9.88. The lowest BCUT2D eigenvalue weighted by atomic mass is 9.75. The van der Waals surface area contributed by atoms with Gasteiger partial charge in [-0.25, -0.2) is 0 Å². The van der Waals surface area contributed by atoms with Gasteiger partial charge in [-0.05, 0) is 36.6 Å². The molecule has 3 N–H and O–H groups in total. The Kier molecular flexibility index (Phi) is 3.77. The number of carboxylic acid groups (broad SMARTS) is 1. The first kappa shape index (κ1) is 12.5. The summed E-state index contributed by atoms with van der Waals surface area (Å²) in [5.74, 6) is -0.705. The second kappa shape index (κ2) is 4.52. The molecule has 1 saturated carbocycles. The van der Waals surface area contributed by atoms with Crippen molar-refractivity contribution in [1.82, 2.24) is 0 Å². The summed E-state index contributed by atoms with van der Waals surface area (Å²) in [6.45, 7) is 4.93. The molecule has 15 heavy (non-hydrogen) atoms. The standard InChI is InChI=1S/C12H23NO2/c1-3-11(4-2)5-6-12(8-11,9-13)7-10(14)15/h3-9,13H2,1-2H3,(H,14,15). The van der Waals surface area contributed by atoms with Gasteiger partial charge in [-0.3, -0.25) is 4.79 Å². The van der Waals surface area contributed by atoms with E-state index in [-0.39, 0.29) is 11.8 Å². The van der Waals surface area contributed by atoms with Crippen LogP contribution in [0.1, 0.15) is 52.4 Å². The second-order valence-electron chi connectivity index (χ2n) is 5.16. The van der Waals surface area contributed by atoms with Crippen molar-refractivity contribution < 1.29 is 9.90 Å². The molecule has 0 bridgehead atoms. The van der Waals surface area contributed by atoms with Crippen LogP contribution in [-0.4, -0.2) is 17.6 Å². The maximum absolute atomic E-state index is 10.9. The number of hydrogen-bond acceptors (Lipinski definition) is 2. The molecule has 0 saturated heterocycles. The van der Waals surface area contributed by atoms with E-state index in [0.717, 1.165) is 32.1 Å². The molecule has 0 amide bonds. The van der Waals surface area contributed by atoms with E-state index in [9.17, 15) is 4.79 Å². The molecule has 3 nitrogen and oxygen atoms in total. The fourth-order valence-electron chi connectivity index (χ4n) is 3.07. The van der Waals surface area contributed by atoms with Crippen molar-refractivity contribution in [3.05, 3.63) is 0 Å². The maximum Gasteiger partial charge on any atom is 0.303 e. The van der Waals surface area contributed by atoms with Crippen LogP contribution >= 0.6 is 0 Å². The average molecular weight is 213 g/mol. The van der Waals surface area contributed by atoms with Crippen LogP contribution in [0.15, 0.2) is 0 Å². The quantitative estimate of drug-likeness (QED) is 0.737. The molecular weight excluding hydrogens is 190 g/mol. The van der Waals surface area contributed by atoms with Gasteiger partial charge in [0.15, 0.2) is 0 Å². The summed E-state index contributed by atoms with van der Waals surface area (Å²) < 4.78 is 0. The lowest BCUT2D eigenvalue weighted by Crippen LogP contribution is -2.32. The van der Waals surface area contributed by atoms with Crippen LogP contribution < -0.4 is 5.73 Å². The van der Waals surface area contributed by atoms with Gasteiger partial charge in [0, 0.05) is 0 Å². The van der Waals surface area contributed by atoms with Gasteiger partial charge in [0.2, 0.25) is 0 Å². The van der Waals surface area contributed by atoms with E-state index in [1.807, 2.05) is 0 Å². The zero-order valence-electron chi connectivity index (χ0n) is 9.88. The molecule has 0 aromatic rings. The highest BCUT2D eigenvalue weighted by Crippen LogP contribution is 2.54. The van der Waals surface area contributed by atoms with Crippen LogP contribution in [0.4, 0.5) is 0 Å². The minimum Gasteiger partial charge on any atom is -0.481 e. The summed E-state index contributed by atoms with van der Waals surface area (Å²) in [4.78, 5) is 10.9. The molecular formula is C12H23NO2. The first-order valence-corrected chi connectivity index (χ1v) is 5.93. The van der Waals surface area contributed by atoms with Crippen LogP contribution in [0.2, 0.25) is 0 Å². The first-order valence-electron chi connectivity index (χ1n) is 5.93. The third-order valence-corrected chi connectivity index (χ3v) is 4.39. The van der Waals surface area contributed by atoms with Crippen molar-refractivity contribution in [1.29, 1.82) is 0 Å². The van der Waals surface area contributed by atoms with E-state index in [2.05, 4.69) is 13.8 Å². The molecule has 1 atom stereocenters. The monoisotopic (exact) mass is 213 g/mol. The van der Waals surface area contributed by atoms with E-state index in [1.165, 1.54) is 0 Å². The number of nitrogens with two attached hydrogens (primary N) is 1. The SMILES string of the molecule is CCC1(CC)CCC(CN)(CC(=O)O)C1. The Labute approximate surface area is 92.0 Å². The van der Waals surface area contributed by atoms with Crippen molar-refractivity contribution in [2.24, 2.45) is 16.6 Å². The molecule has 1 unspecified atom stereocenters. The number of carbonyl (C=O) groups is 1. The summed E-state index contributed by atoms with van der Waals surface area (Å²) in [7, 11) is 0. The molecule has 0 radical (unpaired) electrons. The molecule has 1 aliphatic rings. The zero-order chi connectivity index (χ0) is 11.5. The summed E-state index contributed by atoms with van der Waals surface area (Å²) in [6, 6.07) is 0. The molecule has 88 valence electrons. The number of carboxylic acids is 1. The molecule has 1 aliphatic carbocycles. The molecule has 1 fully saturated rings. The van der Waals surface area contributed by atoms with Crippen LogP contribution in [0.5, 0.6) is 0 Å². The highest BCUT2D eigenvalue weighted by Gasteiger charge is 2.46. The third-order valence-electron chi connectivity index (χ3n) is 4.39. The van der Waals surface area contributed by atoms with E-state index >= 15 is 0 Å². The van der Waals surface area contributed by atoms with Gasteiger partial charge in [-0.2, -0.15) is 0 Å². The second-order valence-corrected chi connectivity index (χ2v) is 5.16. The minimum absolute atomic E-state index is 0.127. The van der Waals surface area contributed by atoms with Gasteiger partial charge in [0.25, 0.3) is 0 Å². The Morgan fingerprint density at radius 2 is 1.80 bits per heavy atom. The van der Waals surface area contributed by atoms with Crippen molar-refractivity contribution in [2.75, 3.05) is 6.54 Å². The first-order chi connectivity index (χ1) is 7.01. The topological polar surface area (TPSA) is 63.3 Å². The van der Waals surface area contributed by atoms with E-state index in [1.54, 1.807) is 0 Å². The Morgan fingerprint density at radius 1 is 1.27 bits per heavy atom. The van der Waals surface area contributed by atoms with Crippen molar-refractivity contribution >= 4 is 5.97 Å². The largest absolute Gasteiger partial charge is 0.481 e. The Morgan fingerprint density at radius 3 is 2.13 bits per heavy atom. The number of hydrogen-bond donors (Lipinski definition) is 2. The molecule has 0 spiro atoms. The van der Waals surface area contributed by atoms with Crippen molar-refractivity contribution in [3.8, 4) is 0 Å². The van der Waals surface area contributed by atoms with Crippen molar-refractivity contribution in [3.63, 3.8) is 0 Å². The normalized spacial score (nSPS) is 29.3. The lowest BCUT2D eigenvalue weighted by molar-refractivity contribution is -0.139. The van der Waals surface area contributed by atoms with Gasteiger partial charge in [-0.1, -0.05) is 26.7 Å². The van der Waals surface area contributed by atoms with Gasteiger partial charge < -0.3 is 10.8 Å². The number of aliphatic carboxylic acids is 1. The van der Waals surface area contributed by atoms with Gasteiger partial charge in [0.05, 0.1) is 6.42 Å². The average Bonchev–Trinajstić information content (AvgIpc) is 2.58. The molecule has 0 aromatic heterocycles. The van der Waals surface area contributed by atoms with Crippen molar-refractivity contribution in [2.45, 2.75) is 52.4 Å². The molecule has 1 rings (SSSR count). The predicted molar refractivity (Wildman–Crippen MR) is 60.6 cm³/mol. The maximum atomic E-state index is 10.9. The van der Waals surface area contributed by atoms with Gasteiger partial charge in [0.1, 0.15) is 0 Å². The highest BCUT2D eigenvalue weighted by atomic mass is 16.4. The lowest BCUT2D eigenvalue weighted by Gasteiger charge is -2.31. The summed E-state index contributed by atoms with van der Waals surface area (Å²) in [5.41, 5.74) is 6.01. The van der Waals surface area contributed by atoms with Crippen LogP contribution in [0, 0.1) is 10.8 Å². The molecule has 3 heteroatoms. The summed E-state index contributed by atoms with van der Waals surface area (Å²) >= 11 is 0. The van der Waals surface area contributed by atoms with E-state index in [0.29, 0.717) is 12.0 Å². The fourth-order valence-corrected chi connectivity index (χ4v) is 3.07. The van der Waals surface area contributed by atoms with E-state index in [4.69, 9.17) is 10.8 Å². The van der Waals surface area contributed by atoms with Crippen LogP contribution in [-0.2, 0) is 4.79 Å². The predicted octanol–water partition coefficient (Wildman–Crippen LogP) is 2.40. The minimum atomic E-state index is -0.705.